The van der Waals surface area contributed by atoms with Gasteiger partial charge in [0.05, 0.1) is 0 Å². The number of rotatable bonds is 2. The number of benzene rings is 1. The number of halogens is 1. The van der Waals surface area contributed by atoms with Gasteiger partial charge >= 0.3 is 0 Å². The second kappa shape index (κ2) is 5.47. The molecular formula is C11H15BrN2S. The number of hydrogen-bond donors (Lipinski definition) is 2. The number of nitrogens with one attached hydrogen (secondary N) is 2. The first-order valence-corrected chi connectivity index (χ1v) is 6.03. The summed E-state index contributed by atoms with van der Waals surface area (Å²) in [6, 6.07) is 6.42. The van der Waals surface area contributed by atoms with E-state index in [0.717, 1.165) is 10.2 Å². The summed E-state index contributed by atoms with van der Waals surface area (Å²) in [4.78, 5) is 0. The Morgan fingerprint density at radius 1 is 1.40 bits per heavy atom. The summed E-state index contributed by atoms with van der Waals surface area (Å²) in [6.07, 6.45) is 0. The zero-order valence-electron chi connectivity index (χ0n) is 9.10. The van der Waals surface area contributed by atoms with Gasteiger partial charge in [-0.3, -0.25) is 0 Å². The van der Waals surface area contributed by atoms with Crippen LogP contribution in [0.25, 0.3) is 0 Å². The van der Waals surface area contributed by atoms with Gasteiger partial charge < -0.3 is 10.6 Å². The van der Waals surface area contributed by atoms with Crippen molar-refractivity contribution in [2.45, 2.75) is 26.8 Å². The second-order valence-corrected chi connectivity index (χ2v) is 4.98. The highest BCUT2D eigenvalue weighted by molar-refractivity contribution is 9.10. The summed E-state index contributed by atoms with van der Waals surface area (Å²) in [5.74, 6) is 0. The minimum absolute atomic E-state index is 0.346. The molecular weight excluding hydrogens is 272 g/mol. The van der Waals surface area contributed by atoms with Crippen LogP contribution >= 0.6 is 28.1 Å². The minimum Gasteiger partial charge on any atom is -0.360 e. The SMILES string of the molecule is Cc1ccc(NC(=S)NC(C)C)cc1Br. The van der Waals surface area contributed by atoms with E-state index in [9.17, 15) is 0 Å². The molecule has 0 aliphatic rings. The Morgan fingerprint density at radius 2 is 2.07 bits per heavy atom. The summed E-state index contributed by atoms with van der Waals surface area (Å²) < 4.78 is 1.08. The van der Waals surface area contributed by atoms with Gasteiger partial charge in [-0.1, -0.05) is 22.0 Å². The molecule has 0 aromatic heterocycles. The van der Waals surface area contributed by atoms with Crippen molar-refractivity contribution in [3.05, 3.63) is 28.2 Å². The number of anilines is 1. The van der Waals surface area contributed by atoms with Crippen molar-refractivity contribution >= 4 is 38.9 Å². The van der Waals surface area contributed by atoms with Crippen LogP contribution in [0.5, 0.6) is 0 Å². The summed E-state index contributed by atoms with van der Waals surface area (Å²) in [7, 11) is 0. The number of aryl methyl sites for hydroxylation is 1. The Morgan fingerprint density at radius 3 is 2.60 bits per heavy atom. The van der Waals surface area contributed by atoms with Crippen LogP contribution in [0.15, 0.2) is 22.7 Å². The van der Waals surface area contributed by atoms with E-state index >= 15 is 0 Å². The molecule has 0 unspecified atom stereocenters. The van der Waals surface area contributed by atoms with Crippen LogP contribution in [-0.2, 0) is 0 Å². The molecule has 0 heterocycles. The van der Waals surface area contributed by atoms with E-state index in [1.807, 2.05) is 18.2 Å². The molecule has 1 aromatic rings. The van der Waals surface area contributed by atoms with Gasteiger partial charge in [-0.05, 0) is 50.7 Å². The molecule has 0 atom stereocenters. The Labute approximate surface area is 105 Å². The molecule has 1 aromatic carbocycles. The van der Waals surface area contributed by atoms with Crippen molar-refractivity contribution in [2.24, 2.45) is 0 Å². The Kier molecular flexibility index (Phi) is 4.54. The van der Waals surface area contributed by atoms with Crippen LogP contribution in [0.1, 0.15) is 19.4 Å². The fourth-order valence-electron chi connectivity index (χ4n) is 1.10. The van der Waals surface area contributed by atoms with Gasteiger partial charge in [0.1, 0.15) is 0 Å². The largest absolute Gasteiger partial charge is 0.360 e. The van der Waals surface area contributed by atoms with Crippen molar-refractivity contribution in [2.75, 3.05) is 5.32 Å². The maximum Gasteiger partial charge on any atom is 0.170 e. The second-order valence-electron chi connectivity index (χ2n) is 3.72. The van der Waals surface area contributed by atoms with Gasteiger partial charge in [-0.15, -0.1) is 0 Å². The van der Waals surface area contributed by atoms with Crippen molar-refractivity contribution in [1.82, 2.24) is 5.32 Å². The molecule has 0 radical (unpaired) electrons. The van der Waals surface area contributed by atoms with Crippen molar-refractivity contribution in [3.63, 3.8) is 0 Å². The first kappa shape index (κ1) is 12.5. The van der Waals surface area contributed by atoms with Crippen LogP contribution in [0.2, 0.25) is 0 Å². The molecule has 0 aliphatic carbocycles. The normalized spacial score (nSPS) is 10.2. The third-order valence-electron chi connectivity index (χ3n) is 1.85. The molecule has 0 saturated carbocycles. The Bertz CT molecular complexity index is 364. The minimum atomic E-state index is 0.346. The highest BCUT2D eigenvalue weighted by Gasteiger charge is 2.01. The fourth-order valence-corrected chi connectivity index (χ4v) is 1.83. The van der Waals surface area contributed by atoms with Crippen LogP contribution in [0.3, 0.4) is 0 Å². The van der Waals surface area contributed by atoms with E-state index in [-0.39, 0.29) is 0 Å². The molecule has 1 rings (SSSR count). The van der Waals surface area contributed by atoms with Crippen LogP contribution in [-0.4, -0.2) is 11.2 Å². The fraction of sp³-hybridized carbons (Fsp3) is 0.364. The first-order valence-electron chi connectivity index (χ1n) is 4.82. The summed E-state index contributed by atoms with van der Waals surface area (Å²) >= 11 is 8.63. The molecule has 0 amide bonds. The van der Waals surface area contributed by atoms with E-state index in [2.05, 4.69) is 47.3 Å². The average Bonchev–Trinajstić information content (AvgIpc) is 2.10. The summed E-state index contributed by atoms with van der Waals surface area (Å²) in [5.41, 5.74) is 2.20. The predicted octanol–water partition coefficient (Wildman–Crippen LogP) is 3.45. The third kappa shape index (κ3) is 4.18. The van der Waals surface area contributed by atoms with E-state index in [4.69, 9.17) is 12.2 Å². The molecule has 15 heavy (non-hydrogen) atoms. The predicted molar refractivity (Wildman–Crippen MR) is 73.4 cm³/mol. The molecule has 0 aliphatic heterocycles. The van der Waals surface area contributed by atoms with Crippen LogP contribution in [0.4, 0.5) is 5.69 Å². The summed E-state index contributed by atoms with van der Waals surface area (Å²) in [6.45, 7) is 6.16. The maximum atomic E-state index is 5.15. The van der Waals surface area contributed by atoms with Gasteiger partial charge in [0.2, 0.25) is 0 Å². The summed E-state index contributed by atoms with van der Waals surface area (Å²) in [5, 5.41) is 6.92. The van der Waals surface area contributed by atoms with Crippen molar-refractivity contribution in [3.8, 4) is 0 Å². The van der Waals surface area contributed by atoms with E-state index < -0.39 is 0 Å². The van der Waals surface area contributed by atoms with Gasteiger partial charge in [0.25, 0.3) is 0 Å². The average molecular weight is 287 g/mol. The van der Waals surface area contributed by atoms with Gasteiger partial charge in [0, 0.05) is 16.2 Å². The van der Waals surface area contributed by atoms with E-state index in [1.54, 1.807) is 0 Å². The number of thiocarbonyl (C=S) groups is 1. The maximum absolute atomic E-state index is 5.15. The lowest BCUT2D eigenvalue weighted by molar-refractivity contribution is 0.739. The molecule has 0 bridgehead atoms. The van der Waals surface area contributed by atoms with Gasteiger partial charge in [-0.25, -0.2) is 0 Å². The highest BCUT2D eigenvalue weighted by Crippen LogP contribution is 2.20. The quantitative estimate of drug-likeness (QED) is 0.815. The van der Waals surface area contributed by atoms with Crippen LogP contribution < -0.4 is 10.6 Å². The van der Waals surface area contributed by atoms with Gasteiger partial charge in [-0.2, -0.15) is 0 Å². The molecule has 0 saturated heterocycles. The highest BCUT2D eigenvalue weighted by atomic mass is 79.9. The molecule has 2 N–H and O–H groups in total. The Balaban J connectivity index is 2.65. The zero-order chi connectivity index (χ0) is 11.4. The first-order chi connectivity index (χ1) is 6.99. The van der Waals surface area contributed by atoms with E-state index in [0.29, 0.717) is 11.2 Å². The monoisotopic (exact) mass is 286 g/mol. The van der Waals surface area contributed by atoms with Gasteiger partial charge in [0.15, 0.2) is 5.11 Å². The lowest BCUT2D eigenvalue weighted by Gasteiger charge is -2.13. The van der Waals surface area contributed by atoms with Crippen LogP contribution in [0, 0.1) is 6.92 Å². The van der Waals surface area contributed by atoms with Crippen molar-refractivity contribution in [1.29, 1.82) is 0 Å². The lowest BCUT2D eigenvalue weighted by Crippen LogP contribution is -2.33. The molecule has 0 fully saturated rings. The smallest absolute Gasteiger partial charge is 0.170 e. The molecule has 82 valence electrons. The van der Waals surface area contributed by atoms with Crippen molar-refractivity contribution < 1.29 is 0 Å². The molecule has 0 spiro atoms. The topological polar surface area (TPSA) is 24.1 Å². The number of hydrogen-bond acceptors (Lipinski definition) is 1. The standard InChI is InChI=1S/C11H15BrN2S/c1-7(2)13-11(15)14-9-5-4-8(3)10(12)6-9/h4-7H,1-3H3,(H2,13,14,15). The molecule has 4 heteroatoms. The third-order valence-corrected chi connectivity index (χ3v) is 2.92. The lowest BCUT2D eigenvalue weighted by atomic mass is 10.2. The van der Waals surface area contributed by atoms with E-state index in [1.165, 1.54) is 5.56 Å². The molecule has 2 nitrogen and oxygen atoms in total. The zero-order valence-corrected chi connectivity index (χ0v) is 11.5. The Hall–Kier alpha value is -0.610.